The van der Waals surface area contributed by atoms with E-state index in [9.17, 15) is 9.90 Å². The first-order valence-electron chi connectivity index (χ1n) is 5.54. The van der Waals surface area contributed by atoms with Crippen molar-refractivity contribution in [2.45, 2.75) is 12.0 Å². The highest BCUT2D eigenvalue weighted by Crippen LogP contribution is 2.22. The van der Waals surface area contributed by atoms with Crippen LogP contribution in [0.2, 0.25) is 5.02 Å². The van der Waals surface area contributed by atoms with Crippen LogP contribution >= 0.6 is 27.5 Å². The molecule has 1 fully saturated rings. The number of amides is 1. The average molecular weight is 335 g/mol. The maximum Gasteiger partial charge on any atom is 0.252 e. The highest BCUT2D eigenvalue weighted by molar-refractivity contribution is 9.10. The van der Waals surface area contributed by atoms with E-state index < -0.39 is 5.60 Å². The Kier molecular flexibility index (Phi) is 4.27. The van der Waals surface area contributed by atoms with Gasteiger partial charge in [-0.15, -0.1) is 0 Å². The predicted molar refractivity (Wildman–Crippen MR) is 71.9 cm³/mol. The molecule has 0 bridgehead atoms. The zero-order valence-electron chi connectivity index (χ0n) is 9.58. The third kappa shape index (κ3) is 3.23. The van der Waals surface area contributed by atoms with E-state index in [0.717, 1.165) is 4.47 Å². The summed E-state index contributed by atoms with van der Waals surface area (Å²) in [7, 11) is 0. The first-order valence-corrected chi connectivity index (χ1v) is 6.71. The number of benzene rings is 1. The Labute approximate surface area is 118 Å². The molecule has 1 saturated heterocycles. The number of ether oxygens (including phenoxy) is 1. The number of aliphatic hydroxyl groups is 1. The molecule has 1 atom stereocenters. The molecule has 2 N–H and O–H groups in total. The van der Waals surface area contributed by atoms with Crippen LogP contribution in [0.15, 0.2) is 22.7 Å². The lowest BCUT2D eigenvalue weighted by molar-refractivity contribution is 0.0264. The summed E-state index contributed by atoms with van der Waals surface area (Å²) in [6.45, 7) is 0.929. The third-order valence-electron chi connectivity index (χ3n) is 2.83. The summed E-state index contributed by atoms with van der Waals surface area (Å²) in [5, 5.41) is 13.1. The number of hydrogen-bond donors (Lipinski definition) is 2. The Hall–Kier alpha value is -0.620. The van der Waals surface area contributed by atoms with Gasteiger partial charge in [0.15, 0.2) is 0 Å². The van der Waals surface area contributed by atoms with Gasteiger partial charge in [0, 0.05) is 24.0 Å². The van der Waals surface area contributed by atoms with E-state index in [0.29, 0.717) is 23.6 Å². The molecule has 6 heteroatoms. The fourth-order valence-electron chi connectivity index (χ4n) is 1.75. The second-order valence-electron chi connectivity index (χ2n) is 4.33. The fourth-order valence-corrected chi connectivity index (χ4v) is 2.31. The zero-order valence-corrected chi connectivity index (χ0v) is 11.9. The molecule has 0 saturated carbocycles. The van der Waals surface area contributed by atoms with Gasteiger partial charge in [-0.05, 0) is 18.2 Å². The first-order chi connectivity index (χ1) is 8.50. The minimum atomic E-state index is -0.964. The van der Waals surface area contributed by atoms with Gasteiger partial charge in [0.1, 0.15) is 5.60 Å². The summed E-state index contributed by atoms with van der Waals surface area (Å²) >= 11 is 9.24. The van der Waals surface area contributed by atoms with E-state index in [1.807, 2.05) is 0 Å². The van der Waals surface area contributed by atoms with Crippen molar-refractivity contribution in [3.63, 3.8) is 0 Å². The van der Waals surface area contributed by atoms with Gasteiger partial charge in [-0.2, -0.15) is 0 Å². The van der Waals surface area contributed by atoms with Gasteiger partial charge in [0.2, 0.25) is 0 Å². The van der Waals surface area contributed by atoms with Gasteiger partial charge >= 0.3 is 0 Å². The number of rotatable bonds is 3. The van der Waals surface area contributed by atoms with E-state index >= 15 is 0 Å². The standard InChI is InChI=1S/C12H13BrClNO3/c13-8-1-2-10(14)9(5-8)11(16)15-6-12(17)3-4-18-7-12/h1-2,5,17H,3-4,6-7H2,(H,15,16). The Morgan fingerprint density at radius 2 is 2.39 bits per heavy atom. The highest BCUT2D eigenvalue weighted by atomic mass is 79.9. The van der Waals surface area contributed by atoms with E-state index in [1.54, 1.807) is 18.2 Å². The van der Waals surface area contributed by atoms with Crippen LogP contribution in [0.25, 0.3) is 0 Å². The summed E-state index contributed by atoms with van der Waals surface area (Å²) in [6.07, 6.45) is 0.527. The van der Waals surface area contributed by atoms with Crippen molar-refractivity contribution in [3.05, 3.63) is 33.3 Å². The summed E-state index contributed by atoms with van der Waals surface area (Å²) in [6, 6.07) is 5.05. The van der Waals surface area contributed by atoms with Crippen molar-refractivity contribution in [2.75, 3.05) is 19.8 Å². The summed E-state index contributed by atoms with van der Waals surface area (Å²) in [5.74, 6) is -0.304. The monoisotopic (exact) mass is 333 g/mol. The lowest BCUT2D eigenvalue weighted by Gasteiger charge is -2.20. The average Bonchev–Trinajstić information content (AvgIpc) is 2.77. The van der Waals surface area contributed by atoms with Crippen LogP contribution < -0.4 is 5.32 Å². The topological polar surface area (TPSA) is 58.6 Å². The molecule has 0 radical (unpaired) electrons. The van der Waals surface area contributed by atoms with Crippen molar-refractivity contribution < 1.29 is 14.6 Å². The normalized spacial score (nSPS) is 23.1. The van der Waals surface area contributed by atoms with E-state index in [-0.39, 0.29) is 19.1 Å². The van der Waals surface area contributed by atoms with E-state index in [2.05, 4.69) is 21.2 Å². The second kappa shape index (κ2) is 5.57. The smallest absolute Gasteiger partial charge is 0.252 e. The number of hydrogen-bond acceptors (Lipinski definition) is 3. The molecule has 18 heavy (non-hydrogen) atoms. The molecule has 1 aromatic carbocycles. The maximum atomic E-state index is 11.9. The Balaban J connectivity index is 2.01. The molecular formula is C12H13BrClNO3. The SMILES string of the molecule is O=C(NCC1(O)CCOC1)c1cc(Br)ccc1Cl. The van der Waals surface area contributed by atoms with Crippen molar-refractivity contribution >= 4 is 33.4 Å². The largest absolute Gasteiger partial charge is 0.386 e. The van der Waals surface area contributed by atoms with Crippen LogP contribution in [0.3, 0.4) is 0 Å². The Morgan fingerprint density at radius 3 is 3.06 bits per heavy atom. The molecule has 1 aliphatic heterocycles. The minimum Gasteiger partial charge on any atom is -0.386 e. The fraction of sp³-hybridized carbons (Fsp3) is 0.417. The Bertz CT molecular complexity index is 461. The van der Waals surface area contributed by atoms with Crippen molar-refractivity contribution in [1.29, 1.82) is 0 Å². The van der Waals surface area contributed by atoms with Crippen LogP contribution in [0.1, 0.15) is 16.8 Å². The Morgan fingerprint density at radius 1 is 1.61 bits per heavy atom. The molecule has 0 spiro atoms. The molecule has 1 amide bonds. The lowest BCUT2D eigenvalue weighted by Crippen LogP contribution is -2.43. The van der Waals surface area contributed by atoms with Gasteiger partial charge in [-0.1, -0.05) is 27.5 Å². The van der Waals surface area contributed by atoms with Crippen LogP contribution in [-0.4, -0.2) is 36.4 Å². The van der Waals surface area contributed by atoms with E-state index in [4.69, 9.17) is 16.3 Å². The number of nitrogens with one attached hydrogen (secondary N) is 1. The van der Waals surface area contributed by atoms with Gasteiger partial charge in [-0.3, -0.25) is 4.79 Å². The maximum absolute atomic E-state index is 11.9. The van der Waals surface area contributed by atoms with Gasteiger partial charge in [0.25, 0.3) is 5.91 Å². The number of halogens is 2. The van der Waals surface area contributed by atoms with Crippen LogP contribution in [0.4, 0.5) is 0 Å². The van der Waals surface area contributed by atoms with Gasteiger partial charge in [-0.25, -0.2) is 0 Å². The molecular weight excluding hydrogens is 321 g/mol. The molecule has 4 nitrogen and oxygen atoms in total. The molecule has 1 unspecified atom stereocenters. The van der Waals surface area contributed by atoms with Crippen LogP contribution in [0, 0.1) is 0 Å². The number of carbonyl (C=O) groups excluding carboxylic acids is 1. The quantitative estimate of drug-likeness (QED) is 0.889. The van der Waals surface area contributed by atoms with Crippen molar-refractivity contribution in [2.24, 2.45) is 0 Å². The molecule has 1 aliphatic rings. The lowest BCUT2D eigenvalue weighted by atomic mass is 10.0. The van der Waals surface area contributed by atoms with Crippen molar-refractivity contribution in [3.8, 4) is 0 Å². The summed E-state index contributed by atoms with van der Waals surface area (Å²) < 4.78 is 5.88. The van der Waals surface area contributed by atoms with Crippen LogP contribution in [-0.2, 0) is 4.74 Å². The molecule has 1 heterocycles. The molecule has 1 aromatic rings. The third-order valence-corrected chi connectivity index (χ3v) is 3.66. The summed E-state index contributed by atoms with van der Waals surface area (Å²) in [5.41, 5.74) is -0.581. The molecule has 98 valence electrons. The van der Waals surface area contributed by atoms with Crippen molar-refractivity contribution in [1.82, 2.24) is 5.32 Å². The minimum absolute atomic E-state index is 0.161. The van der Waals surface area contributed by atoms with Gasteiger partial charge < -0.3 is 15.2 Å². The van der Waals surface area contributed by atoms with Crippen LogP contribution in [0.5, 0.6) is 0 Å². The molecule has 2 rings (SSSR count). The summed E-state index contributed by atoms with van der Waals surface area (Å²) in [4.78, 5) is 11.9. The zero-order chi connectivity index (χ0) is 13.2. The molecule has 0 aliphatic carbocycles. The second-order valence-corrected chi connectivity index (χ2v) is 5.66. The van der Waals surface area contributed by atoms with E-state index in [1.165, 1.54) is 0 Å². The molecule has 0 aromatic heterocycles. The first kappa shape index (κ1) is 13.8. The predicted octanol–water partition coefficient (Wildman–Crippen LogP) is 1.98. The number of carbonyl (C=O) groups is 1. The highest BCUT2D eigenvalue weighted by Gasteiger charge is 2.32. The van der Waals surface area contributed by atoms with Gasteiger partial charge in [0.05, 0.1) is 17.2 Å².